The Hall–Kier alpha value is -1.39. The lowest BCUT2D eigenvalue weighted by molar-refractivity contribution is 0.0740. The zero-order valence-electron chi connectivity index (χ0n) is 9.81. The summed E-state index contributed by atoms with van der Waals surface area (Å²) in [6.07, 6.45) is 1.54. The van der Waals surface area contributed by atoms with Crippen LogP contribution in [-0.2, 0) is 11.4 Å². The Morgan fingerprint density at radius 1 is 1.38 bits per heavy atom. The first kappa shape index (κ1) is 12.7. The van der Waals surface area contributed by atoms with Crippen molar-refractivity contribution >= 4 is 6.34 Å². The maximum atomic E-state index is 5.53. The minimum Gasteiger partial charge on any atom is -0.328 e. The molecule has 0 fully saturated rings. The van der Waals surface area contributed by atoms with Gasteiger partial charge in [0.15, 0.2) is 0 Å². The second-order valence-electron chi connectivity index (χ2n) is 4.17. The normalized spacial score (nSPS) is 11.9. The molecule has 4 heteroatoms. The fourth-order valence-electron chi connectivity index (χ4n) is 0.990. The molecular weight excluding hydrogens is 202 g/mol. The molecule has 16 heavy (non-hydrogen) atoms. The van der Waals surface area contributed by atoms with Gasteiger partial charge in [0.25, 0.3) is 0 Å². The number of benzene rings is 1. The Labute approximate surface area is 96.5 Å². The van der Waals surface area contributed by atoms with Crippen molar-refractivity contribution < 1.29 is 4.84 Å². The van der Waals surface area contributed by atoms with Gasteiger partial charge in [0.05, 0.1) is 12.1 Å². The molecule has 1 aromatic rings. The SMILES string of the molecule is CC(C)(CN)N=CNOCc1ccccc1. The molecule has 88 valence electrons. The third-order valence-electron chi connectivity index (χ3n) is 2.13. The molecule has 0 spiro atoms. The number of nitrogens with one attached hydrogen (secondary N) is 1. The van der Waals surface area contributed by atoms with Gasteiger partial charge in [0.2, 0.25) is 0 Å². The topological polar surface area (TPSA) is 59.6 Å². The molecule has 0 radical (unpaired) electrons. The molecule has 0 aliphatic rings. The van der Waals surface area contributed by atoms with E-state index in [4.69, 9.17) is 10.6 Å². The van der Waals surface area contributed by atoms with E-state index in [1.807, 2.05) is 44.2 Å². The van der Waals surface area contributed by atoms with Crippen molar-refractivity contribution in [3.05, 3.63) is 35.9 Å². The summed E-state index contributed by atoms with van der Waals surface area (Å²) in [7, 11) is 0. The Kier molecular flexibility index (Phi) is 4.95. The molecule has 0 heterocycles. The van der Waals surface area contributed by atoms with E-state index in [2.05, 4.69) is 10.5 Å². The number of aliphatic imine (C=N–C) groups is 1. The lowest BCUT2D eigenvalue weighted by atomic mass is 10.1. The van der Waals surface area contributed by atoms with E-state index < -0.39 is 0 Å². The van der Waals surface area contributed by atoms with Crippen molar-refractivity contribution in [2.45, 2.75) is 26.0 Å². The number of nitrogens with two attached hydrogens (primary N) is 1. The van der Waals surface area contributed by atoms with E-state index >= 15 is 0 Å². The van der Waals surface area contributed by atoms with Gasteiger partial charge in [-0.2, -0.15) is 0 Å². The van der Waals surface area contributed by atoms with Crippen LogP contribution in [0.1, 0.15) is 19.4 Å². The molecule has 0 aromatic heterocycles. The van der Waals surface area contributed by atoms with E-state index in [0.717, 1.165) is 5.56 Å². The van der Waals surface area contributed by atoms with Crippen LogP contribution < -0.4 is 11.2 Å². The lowest BCUT2D eigenvalue weighted by Gasteiger charge is -2.15. The third kappa shape index (κ3) is 4.91. The zero-order valence-corrected chi connectivity index (χ0v) is 9.81. The van der Waals surface area contributed by atoms with Crippen molar-refractivity contribution in [1.29, 1.82) is 0 Å². The van der Waals surface area contributed by atoms with Gasteiger partial charge >= 0.3 is 0 Å². The highest BCUT2D eigenvalue weighted by atomic mass is 16.6. The van der Waals surface area contributed by atoms with E-state index in [1.54, 1.807) is 0 Å². The lowest BCUT2D eigenvalue weighted by Crippen LogP contribution is -2.29. The monoisotopic (exact) mass is 221 g/mol. The molecule has 0 unspecified atom stereocenters. The summed E-state index contributed by atoms with van der Waals surface area (Å²) in [6, 6.07) is 9.93. The number of hydrogen-bond acceptors (Lipinski definition) is 3. The smallest absolute Gasteiger partial charge is 0.108 e. The van der Waals surface area contributed by atoms with Crippen LogP contribution >= 0.6 is 0 Å². The summed E-state index contributed by atoms with van der Waals surface area (Å²) in [6.45, 7) is 4.94. The number of hydrogen-bond donors (Lipinski definition) is 2. The summed E-state index contributed by atoms with van der Waals surface area (Å²) >= 11 is 0. The van der Waals surface area contributed by atoms with Crippen LogP contribution in [-0.4, -0.2) is 18.4 Å². The molecule has 1 aromatic carbocycles. The second-order valence-corrected chi connectivity index (χ2v) is 4.17. The molecule has 0 bridgehead atoms. The molecule has 0 atom stereocenters. The predicted molar refractivity (Wildman–Crippen MR) is 66.0 cm³/mol. The van der Waals surface area contributed by atoms with Crippen LogP contribution in [0.15, 0.2) is 35.3 Å². The van der Waals surface area contributed by atoms with Gasteiger partial charge < -0.3 is 5.73 Å². The Balaban J connectivity index is 2.22. The zero-order chi connectivity index (χ0) is 11.9. The van der Waals surface area contributed by atoms with E-state index in [9.17, 15) is 0 Å². The average Bonchev–Trinajstić information content (AvgIpc) is 2.30. The fourth-order valence-corrected chi connectivity index (χ4v) is 0.990. The molecule has 0 amide bonds. The maximum absolute atomic E-state index is 5.53. The van der Waals surface area contributed by atoms with Gasteiger partial charge in [-0.25, -0.2) is 0 Å². The van der Waals surface area contributed by atoms with Gasteiger partial charge in [-0.1, -0.05) is 30.3 Å². The van der Waals surface area contributed by atoms with Crippen LogP contribution in [0.3, 0.4) is 0 Å². The van der Waals surface area contributed by atoms with Crippen LogP contribution in [0.2, 0.25) is 0 Å². The highest BCUT2D eigenvalue weighted by molar-refractivity contribution is 5.53. The van der Waals surface area contributed by atoms with Gasteiger partial charge in [0, 0.05) is 6.54 Å². The number of hydroxylamine groups is 1. The summed E-state index contributed by atoms with van der Waals surface area (Å²) in [5.41, 5.74) is 9.07. The average molecular weight is 221 g/mol. The first-order valence-corrected chi connectivity index (χ1v) is 5.29. The van der Waals surface area contributed by atoms with Gasteiger partial charge in [-0.05, 0) is 19.4 Å². The first-order chi connectivity index (χ1) is 7.64. The van der Waals surface area contributed by atoms with E-state index in [-0.39, 0.29) is 5.54 Å². The largest absolute Gasteiger partial charge is 0.328 e. The second kappa shape index (κ2) is 6.25. The van der Waals surface area contributed by atoms with Crippen molar-refractivity contribution in [2.75, 3.05) is 6.54 Å². The summed E-state index contributed by atoms with van der Waals surface area (Å²) in [5.74, 6) is 0. The molecule has 0 aliphatic heterocycles. The van der Waals surface area contributed by atoms with Gasteiger partial charge in [0.1, 0.15) is 6.34 Å². The number of nitrogens with zero attached hydrogens (tertiary/aromatic N) is 1. The highest BCUT2D eigenvalue weighted by Crippen LogP contribution is 2.03. The maximum Gasteiger partial charge on any atom is 0.108 e. The van der Waals surface area contributed by atoms with Crippen molar-refractivity contribution in [1.82, 2.24) is 5.48 Å². The summed E-state index contributed by atoms with van der Waals surface area (Å²) in [5, 5.41) is 0. The summed E-state index contributed by atoms with van der Waals surface area (Å²) in [4.78, 5) is 9.44. The van der Waals surface area contributed by atoms with Crippen LogP contribution in [0.25, 0.3) is 0 Å². The van der Waals surface area contributed by atoms with Crippen LogP contribution in [0, 0.1) is 0 Å². The molecule has 0 saturated carbocycles. The first-order valence-electron chi connectivity index (χ1n) is 5.29. The molecular formula is C12H19N3O. The third-order valence-corrected chi connectivity index (χ3v) is 2.13. The van der Waals surface area contributed by atoms with Gasteiger partial charge in [-0.3, -0.25) is 15.3 Å². The molecule has 0 saturated heterocycles. The van der Waals surface area contributed by atoms with E-state index in [0.29, 0.717) is 13.2 Å². The Morgan fingerprint density at radius 2 is 2.06 bits per heavy atom. The molecule has 3 N–H and O–H groups in total. The van der Waals surface area contributed by atoms with Crippen LogP contribution in [0.4, 0.5) is 0 Å². The fraction of sp³-hybridized carbons (Fsp3) is 0.417. The molecule has 1 rings (SSSR count). The van der Waals surface area contributed by atoms with E-state index in [1.165, 1.54) is 6.34 Å². The van der Waals surface area contributed by atoms with Gasteiger partial charge in [-0.15, -0.1) is 0 Å². The minimum absolute atomic E-state index is 0.247. The quantitative estimate of drug-likeness (QED) is 0.331. The molecule has 0 aliphatic carbocycles. The highest BCUT2D eigenvalue weighted by Gasteiger charge is 2.10. The Morgan fingerprint density at radius 3 is 2.69 bits per heavy atom. The van der Waals surface area contributed by atoms with Crippen LogP contribution in [0.5, 0.6) is 0 Å². The Bertz CT molecular complexity index is 322. The predicted octanol–water partition coefficient (Wildman–Crippen LogP) is 1.47. The standard InChI is InChI=1S/C12H19N3O/c1-12(2,9-13)14-10-15-16-8-11-6-4-3-5-7-11/h3-7,10H,8-9,13H2,1-2H3,(H,14,15). The van der Waals surface area contributed by atoms with Crippen molar-refractivity contribution in [2.24, 2.45) is 10.7 Å². The number of rotatable bonds is 6. The minimum atomic E-state index is -0.247. The van der Waals surface area contributed by atoms with Crippen molar-refractivity contribution in [3.63, 3.8) is 0 Å². The summed E-state index contributed by atoms with van der Waals surface area (Å²) < 4.78 is 0. The van der Waals surface area contributed by atoms with Crippen molar-refractivity contribution in [3.8, 4) is 0 Å². The molecule has 4 nitrogen and oxygen atoms in total.